The summed E-state index contributed by atoms with van der Waals surface area (Å²) in [7, 11) is 0. The normalized spacial score (nSPS) is 11.0. The smallest absolute Gasteiger partial charge is 0.272 e. The first kappa shape index (κ1) is 21.9. The Labute approximate surface area is 187 Å². The van der Waals surface area contributed by atoms with Crippen molar-refractivity contribution in [1.82, 2.24) is 5.32 Å². The second kappa shape index (κ2) is 9.82. The summed E-state index contributed by atoms with van der Waals surface area (Å²) in [5.41, 5.74) is 2.14. The molecule has 0 aliphatic rings. The van der Waals surface area contributed by atoms with Crippen molar-refractivity contribution in [3.63, 3.8) is 0 Å². The lowest BCUT2D eigenvalue weighted by Gasteiger charge is -2.12. The van der Waals surface area contributed by atoms with Gasteiger partial charge in [-0.15, -0.1) is 0 Å². The summed E-state index contributed by atoms with van der Waals surface area (Å²) in [5.74, 6) is -1.03. The number of benzene rings is 3. The van der Waals surface area contributed by atoms with E-state index >= 15 is 0 Å². The number of nitrogens with zero attached hydrogens (tertiary/aromatic N) is 1. The van der Waals surface area contributed by atoms with E-state index in [0.29, 0.717) is 16.8 Å². The zero-order chi connectivity index (χ0) is 22.4. The van der Waals surface area contributed by atoms with Gasteiger partial charge in [0.25, 0.3) is 17.5 Å². The summed E-state index contributed by atoms with van der Waals surface area (Å²) in [4.78, 5) is 36.1. The molecule has 0 radical (unpaired) electrons. The van der Waals surface area contributed by atoms with Crippen LogP contribution in [0.25, 0.3) is 6.08 Å². The number of nitro benzene ring substituents is 1. The molecule has 2 N–H and O–H groups in total. The maximum atomic E-state index is 12.9. The molecule has 0 unspecified atom stereocenters. The molecule has 8 heteroatoms. The minimum Gasteiger partial charge on any atom is -0.321 e. The van der Waals surface area contributed by atoms with E-state index in [1.54, 1.807) is 54.6 Å². The van der Waals surface area contributed by atoms with E-state index in [9.17, 15) is 19.7 Å². The number of nitro groups is 1. The highest BCUT2D eigenvalue weighted by Crippen LogP contribution is 2.18. The van der Waals surface area contributed by atoms with E-state index in [-0.39, 0.29) is 11.4 Å². The van der Waals surface area contributed by atoms with Crippen molar-refractivity contribution >= 4 is 45.2 Å². The van der Waals surface area contributed by atoms with Crippen molar-refractivity contribution in [2.45, 2.75) is 6.92 Å². The molecule has 0 fully saturated rings. The number of hydrogen-bond acceptors (Lipinski definition) is 4. The van der Waals surface area contributed by atoms with E-state index in [1.807, 2.05) is 6.92 Å². The Hall–Kier alpha value is -3.78. The fourth-order valence-electron chi connectivity index (χ4n) is 2.68. The van der Waals surface area contributed by atoms with Crippen molar-refractivity contribution in [3.8, 4) is 0 Å². The van der Waals surface area contributed by atoms with Crippen LogP contribution in [0.3, 0.4) is 0 Å². The Morgan fingerprint density at radius 2 is 1.68 bits per heavy atom. The number of nitrogens with one attached hydrogen (secondary N) is 2. The lowest BCUT2D eigenvalue weighted by atomic mass is 10.1. The number of carbonyl (C=O) groups is 2. The molecule has 0 heterocycles. The Balaban J connectivity index is 1.92. The zero-order valence-electron chi connectivity index (χ0n) is 16.5. The molecule has 2 amide bonds. The Kier molecular flexibility index (Phi) is 6.94. The lowest BCUT2D eigenvalue weighted by molar-refractivity contribution is -0.384. The monoisotopic (exact) mass is 479 g/mol. The van der Waals surface area contributed by atoms with Crippen molar-refractivity contribution in [3.05, 3.63) is 110 Å². The van der Waals surface area contributed by atoms with Gasteiger partial charge < -0.3 is 10.6 Å². The molecule has 156 valence electrons. The maximum absolute atomic E-state index is 12.9. The first-order chi connectivity index (χ1) is 14.8. The van der Waals surface area contributed by atoms with Crippen LogP contribution in [0.4, 0.5) is 11.4 Å². The van der Waals surface area contributed by atoms with Gasteiger partial charge in [-0.2, -0.15) is 0 Å². The van der Waals surface area contributed by atoms with Crippen molar-refractivity contribution in [1.29, 1.82) is 0 Å². The number of amides is 2. The van der Waals surface area contributed by atoms with Gasteiger partial charge in [0.2, 0.25) is 0 Å². The van der Waals surface area contributed by atoms with Crippen LogP contribution in [-0.2, 0) is 4.79 Å². The third-order valence-corrected chi connectivity index (χ3v) is 4.83. The topological polar surface area (TPSA) is 101 Å². The third-order valence-electron chi connectivity index (χ3n) is 4.30. The summed E-state index contributed by atoms with van der Waals surface area (Å²) in [5, 5.41) is 16.4. The van der Waals surface area contributed by atoms with Crippen molar-refractivity contribution in [2.24, 2.45) is 0 Å². The summed E-state index contributed by atoms with van der Waals surface area (Å²) in [6, 6.07) is 19.6. The van der Waals surface area contributed by atoms with Crippen LogP contribution < -0.4 is 10.6 Å². The molecular weight excluding hydrogens is 462 g/mol. The predicted molar refractivity (Wildman–Crippen MR) is 122 cm³/mol. The average molecular weight is 480 g/mol. The van der Waals surface area contributed by atoms with Gasteiger partial charge in [-0.1, -0.05) is 45.8 Å². The molecule has 3 rings (SSSR count). The van der Waals surface area contributed by atoms with E-state index in [2.05, 4.69) is 26.6 Å². The van der Waals surface area contributed by atoms with Crippen LogP contribution in [-0.4, -0.2) is 16.7 Å². The number of hydrogen-bond donors (Lipinski definition) is 2. The molecule has 0 saturated heterocycles. The number of halogens is 1. The van der Waals surface area contributed by atoms with Gasteiger partial charge in [0.15, 0.2) is 0 Å². The third kappa shape index (κ3) is 6.10. The summed E-state index contributed by atoms with van der Waals surface area (Å²) >= 11 is 3.33. The highest BCUT2D eigenvalue weighted by Gasteiger charge is 2.16. The van der Waals surface area contributed by atoms with Crippen LogP contribution in [0.2, 0.25) is 0 Å². The summed E-state index contributed by atoms with van der Waals surface area (Å²) < 4.78 is 0.852. The fraction of sp³-hybridized carbons (Fsp3) is 0.0435. The van der Waals surface area contributed by atoms with E-state index in [0.717, 1.165) is 10.0 Å². The predicted octanol–water partition coefficient (Wildman–Crippen LogP) is 5.08. The molecule has 0 atom stereocenters. The Bertz CT molecular complexity index is 1160. The molecule has 0 aliphatic heterocycles. The van der Waals surface area contributed by atoms with E-state index < -0.39 is 16.7 Å². The van der Waals surface area contributed by atoms with Crippen LogP contribution in [0.5, 0.6) is 0 Å². The van der Waals surface area contributed by atoms with E-state index in [1.165, 1.54) is 24.3 Å². The van der Waals surface area contributed by atoms with Crippen LogP contribution >= 0.6 is 15.9 Å². The molecule has 0 saturated carbocycles. The zero-order valence-corrected chi connectivity index (χ0v) is 18.0. The van der Waals surface area contributed by atoms with Gasteiger partial charge in [-0.3, -0.25) is 19.7 Å². The molecule has 3 aromatic carbocycles. The highest BCUT2D eigenvalue weighted by molar-refractivity contribution is 9.10. The summed E-state index contributed by atoms with van der Waals surface area (Å²) in [6.07, 6.45) is 1.40. The lowest BCUT2D eigenvalue weighted by Crippen LogP contribution is -2.30. The SMILES string of the molecule is Cc1ccc(C(=O)NC(=Cc2cccc([N+](=O)[O-])c2)C(=O)Nc2ccc(Br)cc2)cc1. The number of carbonyl (C=O) groups excluding carboxylic acids is 2. The first-order valence-electron chi connectivity index (χ1n) is 9.23. The molecule has 31 heavy (non-hydrogen) atoms. The number of non-ortho nitro benzene ring substituents is 1. The largest absolute Gasteiger partial charge is 0.321 e. The maximum Gasteiger partial charge on any atom is 0.272 e. The standard InChI is InChI=1S/C23H18BrN3O4/c1-15-5-7-17(8-6-15)22(28)26-21(14-16-3-2-4-20(13-16)27(30)31)23(29)25-19-11-9-18(24)10-12-19/h2-14H,1H3,(H,25,29)(H,26,28). The van der Waals surface area contributed by atoms with Gasteiger partial charge in [0.1, 0.15) is 5.70 Å². The van der Waals surface area contributed by atoms with Gasteiger partial charge in [0.05, 0.1) is 4.92 Å². The minimum atomic E-state index is -0.561. The Morgan fingerprint density at radius 1 is 1.00 bits per heavy atom. The van der Waals surface area contributed by atoms with Crippen molar-refractivity contribution < 1.29 is 14.5 Å². The van der Waals surface area contributed by atoms with Crippen LogP contribution in [0.1, 0.15) is 21.5 Å². The number of rotatable bonds is 6. The minimum absolute atomic E-state index is 0.0472. The molecule has 3 aromatic rings. The molecular formula is C23H18BrN3O4. The molecule has 0 aliphatic carbocycles. The second-order valence-electron chi connectivity index (χ2n) is 6.69. The van der Waals surface area contributed by atoms with Crippen LogP contribution in [0, 0.1) is 17.0 Å². The van der Waals surface area contributed by atoms with E-state index in [4.69, 9.17) is 0 Å². The van der Waals surface area contributed by atoms with Crippen molar-refractivity contribution in [2.75, 3.05) is 5.32 Å². The number of aryl methyl sites for hydroxylation is 1. The Morgan fingerprint density at radius 3 is 2.32 bits per heavy atom. The second-order valence-corrected chi connectivity index (χ2v) is 7.61. The average Bonchev–Trinajstić information content (AvgIpc) is 2.75. The molecule has 0 spiro atoms. The van der Waals surface area contributed by atoms with Gasteiger partial charge >= 0.3 is 0 Å². The molecule has 7 nitrogen and oxygen atoms in total. The first-order valence-corrected chi connectivity index (χ1v) is 10.0. The highest BCUT2D eigenvalue weighted by atomic mass is 79.9. The van der Waals surface area contributed by atoms with Crippen LogP contribution in [0.15, 0.2) is 83.0 Å². The van der Waals surface area contributed by atoms with Gasteiger partial charge in [-0.05, 0) is 55.0 Å². The van der Waals surface area contributed by atoms with Gasteiger partial charge in [-0.25, -0.2) is 0 Å². The molecule has 0 aromatic heterocycles. The van der Waals surface area contributed by atoms with Gasteiger partial charge in [0, 0.05) is 27.9 Å². The molecule has 0 bridgehead atoms. The quantitative estimate of drug-likeness (QED) is 0.292. The summed E-state index contributed by atoms with van der Waals surface area (Å²) in [6.45, 7) is 1.90. The number of anilines is 1. The fourth-order valence-corrected chi connectivity index (χ4v) is 2.95.